The van der Waals surface area contributed by atoms with Gasteiger partial charge in [-0.2, -0.15) is 0 Å². The largest absolute Gasteiger partial charge is 0.389 e. The summed E-state index contributed by atoms with van der Waals surface area (Å²) in [5.74, 6) is 0.929. The smallest absolute Gasteiger partial charge is 0.103 e. The molecule has 1 unspecified atom stereocenters. The predicted octanol–water partition coefficient (Wildman–Crippen LogP) is 3.64. The number of nitrogens with zero attached hydrogens (tertiary/aromatic N) is 1. The molecule has 0 aliphatic carbocycles. The first-order chi connectivity index (χ1) is 9.60. The van der Waals surface area contributed by atoms with E-state index in [2.05, 4.69) is 36.9 Å². The van der Waals surface area contributed by atoms with Crippen LogP contribution in [0.2, 0.25) is 0 Å². The number of likely N-dealkylation sites (tertiary alicyclic amines) is 1. The summed E-state index contributed by atoms with van der Waals surface area (Å²) in [6.45, 7) is 7.99. The molecule has 2 nitrogen and oxygen atoms in total. The van der Waals surface area contributed by atoms with Gasteiger partial charge < -0.3 is 5.73 Å². The standard InChI is InChI=1S/C17H26N2S/c1-3-14-5-4-9-19(10-8-14)12-16-7-6-15(17(18)20)11-13(16)2/h6-7,11,14H,3-5,8-10,12H2,1-2H3,(H2,18,20). The zero-order valence-electron chi connectivity index (χ0n) is 12.7. The summed E-state index contributed by atoms with van der Waals surface area (Å²) in [5, 5.41) is 0. The molecule has 1 heterocycles. The molecule has 1 aliphatic heterocycles. The molecule has 0 bridgehead atoms. The number of benzene rings is 1. The Bertz CT molecular complexity index is 470. The van der Waals surface area contributed by atoms with Crippen LogP contribution in [0.1, 0.15) is 49.3 Å². The van der Waals surface area contributed by atoms with Gasteiger partial charge in [0.15, 0.2) is 0 Å². The van der Waals surface area contributed by atoms with Crippen LogP contribution in [-0.2, 0) is 6.54 Å². The van der Waals surface area contributed by atoms with Gasteiger partial charge in [0, 0.05) is 12.1 Å². The zero-order chi connectivity index (χ0) is 14.5. The number of thiocarbonyl (C=S) groups is 1. The quantitative estimate of drug-likeness (QED) is 0.858. The first-order valence-corrected chi connectivity index (χ1v) is 8.12. The molecule has 0 amide bonds. The second-order valence-electron chi connectivity index (χ2n) is 5.99. The molecular weight excluding hydrogens is 264 g/mol. The van der Waals surface area contributed by atoms with Crippen LogP contribution >= 0.6 is 12.2 Å². The lowest BCUT2D eigenvalue weighted by Gasteiger charge is -2.21. The molecule has 1 fully saturated rings. The maximum absolute atomic E-state index is 5.69. The van der Waals surface area contributed by atoms with Crippen LogP contribution in [-0.4, -0.2) is 23.0 Å². The number of nitrogens with two attached hydrogens (primary N) is 1. The van der Waals surface area contributed by atoms with E-state index < -0.39 is 0 Å². The minimum Gasteiger partial charge on any atom is -0.389 e. The Morgan fingerprint density at radius 1 is 1.35 bits per heavy atom. The SMILES string of the molecule is CCC1CCCN(Cc2ccc(C(N)=S)cc2C)CC1. The third kappa shape index (κ3) is 4.03. The molecule has 0 saturated carbocycles. The van der Waals surface area contributed by atoms with Gasteiger partial charge in [-0.3, -0.25) is 4.90 Å². The molecule has 2 rings (SSSR count). The van der Waals surface area contributed by atoms with Crippen LogP contribution < -0.4 is 5.73 Å². The highest BCUT2D eigenvalue weighted by atomic mass is 32.1. The minimum absolute atomic E-state index is 0.486. The van der Waals surface area contributed by atoms with Crippen molar-refractivity contribution < 1.29 is 0 Å². The lowest BCUT2D eigenvalue weighted by Crippen LogP contribution is -2.24. The third-order valence-electron chi connectivity index (χ3n) is 4.54. The summed E-state index contributed by atoms with van der Waals surface area (Å²) >= 11 is 5.04. The lowest BCUT2D eigenvalue weighted by molar-refractivity contribution is 0.271. The highest BCUT2D eigenvalue weighted by molar-refractivity contribution is 7.80. The van der Waals surface area contributed by atoms with E-state index in [0.29, 0.717) is 4.99 Å². The van der Waals surface area contributed by atoms with E-state index in [9.17, 15) is 0 Å². The fraction of sp³-hybridized carbons (Fsp3) is 0.588. The van der Waals surface area contributed by atoms with Crippen LogP contribution in [0.5, 0.6) is 0 Å². The molecule has 3 heteroatoms. The van der Waals surface area contributed by atoms with Crippen LogP contribution in [0.4, 0.5) is 0 Å². The van der Waals surface area contributed by atoms with Gasteiger partial charge in [0.05, 0.1) is 0 Å². The van der Waals surface area contributed by atoms with Gasteiger partial charge in [0.1, 0.15) is 4.99 Å². The number of hydrogen-bond acceptors (Lipinski definition) is 2. The van der Waals surface area contributed by atoms with Gasteiger partial charge in [-0.05, 0) is 62.4 Å². The van der Waals surface area contributed by atoms with Crippen molar-refractivity contribution in [2.75, 3.05) is 13.1 Å². The molecule has 0 radical (unpaired) electrons. The highest BCUT2D eigenvalue weighted by Crippen LogP contribution is 2.22. The van der Waals surface area contributed by atoms with Gasteiger partial charge >= 0.3 is 0 Å². The molecule has 0 spiro atoms. The normalized spacial score (nSPS) is 20.6. The molecule has 0 aromatic heterocycles. The Kier molecular flexibility index (Phi) is 5.55. The summed E-state index contributed by atoms with van der Waals surface area (Å²) in [6, 6.07) is 6.35. The molecule has 1 aromatic rings. The van der Waals surface area contributed by atoms with E-state index in [1.165, 1.54) is 49.9 Å². The Morgan fingerprint density at radius 3 is 2.80 bits per heavy atom. The van der Waals surface area contributed by atoms with Gasteiger partial charge in [-0.25, -0.2) is 0 Å². The highest BCUT2D eigenvalue weighted by Gasteiger charge is 2.16. The summed E-state index contributed by atoms with van der Waals surface area (Å²) in [5.41, 5.74) is 9.36. The van der Waals surface area contributed by atoms with E-state index in [1.807, 2.05) is 0 Å². The number of rotatable bonds is 4. The molecule has 20 heavy (non-hydrogen) atoms. The van der Waals surface area contributed by atoms with Crippen molar-refractivity contribution in [3.8, 4) is 0 Å². The summed E-state index contributed by atoms with van der Waals surface area (Å²) in [4.78, 5) is 3.08. The Morgan fingerprint density at radius 2 is 2.15 bits per heavy atom. The zero-order valence-corrected chi connectivity index (χ0v) is 13.5. The van der Waals surface area contributed by atoms with Crippen molar-refractivity contribution >= 4 is 17.2 Å². The van der Waals surface area contributed by atoms with E-state index in [0.717, 1.165) is 18.0 Å². The van der Waals surface area contributed by atoms with Crippen molar-refractivity contribution in [1.29, 1.82) is 0 Å². The number of aryl methyl sites for hydroxylation is 1. The van der Waals surface area contributed by atoms with Gasteiger partial charge in [-0.15, -0.1) is 0 Å². The molecular formula is C17H26N2S. The number of hydrogen-bond donors (Lipinski definition) is 1. The van der Waals surface area contributed by atoms with E-state index in [-0.39, 0.29) is 0 Å². The molecule has 2 N–H and O–H groups in total. The van der Waals surface area contributed by atoms with Crippen molar-refractivity contribution in [2.24, 2.45) is 11.7 Å². The van der Waals surface area contributed by atoms with E-state index in [1.54, 1.807) is 0 Å². The Hall–Kier alpha value is -0.930. The van der Waals surface area contributed by atoms with Gasteiger partial charge in [0.25, 0.3) is 0 Å². The van der Waals surface area contributed by atoms with Crippen LogP contribution in [0, 0.1) is 12.8 Å². The first kappa shape index (κ1) is 15.5. The molecule has 1 aromatic carbocycles. The molecule has 110 valence electrons. The molecule has 1 aliphatic rings. The summed E-state index contributed by atoms with van der Waals surface area (Å²) < 4.78 is 0. The monoisotopic (exact) mass is 290 g/mol. The lowest BCUT2D eigenvalue weighted by atomic mass is 9.98. The van der Waals surface area contributed by atoms with Crippen LogP contribution in [0.25, 0.3) is 0 Å². The van der Waals surface area contributed by atoms with Crippen LogP contribution in [0.3, 0.4) is 0 Å². The maximum Gasteiger partial charge on any atom is 0.103 e. The van der Waals surface area contributed by atoms with Crippen LogP contribution in [0.15, 0.2) is 18.2 Å². The Labute approximate surface area is 128 Å². The second-order valence-corrected chi connectivity index (χ2v) is 6.43. The molecule has 1 saturated heterocycles. The fourth-order valence-corrected chi connectivity index (χ4v) is 3.19. The average Bonchev–Trinajstić information content (AvgIpc) is 2.66. The van der Waals surface area contributed by atoms with Gasteiger partial charge in [-0.1, -0.05) is 37.7 Å². The summed E-state index contributed by atoms with van der Waals surface area (Å²) in [7, 11) is 0. The first-order valence-electron chi connectivity index (χ1n) is 7.71. The fourth-order valence-electron chi connectivity index (χ4n) is 3.06. The third-order valence-corrected chi connectivity index (χ3v) is 4.77. The summed E-state index contributed by atoms with van der Waals surface area (Å²) in [6.07, 6.45) is 5.41. The second kappa shape index (κ2) is 7.19. The van der Waals surface area contributed by atoms with Gasteiger partial charge in [0.2, 0.25) is 0 Å². The average molecular weight is 290 g/mol. The minimum atomic E-state index is 0.486. The maximum atomic E-state index is 5.69. The van der Waals surface area contributed by atoms with Crippen molar-refractivity contribution in [1.82, 2.24) is 4.90 Å². The van der Waals surface area contributed by atoms with Crippen molar-refractivity contribution in [2.45, 2.75) is 46.1 Å². The van der Waals surface area contributed by atoms with Crippen molar-refractivity contribution in [3.05, 3.63) is 34.9 Å². The topological polar surface area (TPSA) is 29.3 Å². The molecule has 1 atom stereocenters. The predicted molar refractivity (Wildman–Crippen MR) is 90.0 cm³/mol. The van der Waals surface area contributed by atoms with E-state index >= 15 is 0 Å². The Balaban J connectivity index is 2.01. The van der Waals surface area contributed by atoms with E-state index in [4.69, 9.17) is 18.0 Å². The van der Waals surface area contributed by atoms with Crippen molar-refractivity contribution in [3.63, 3.8) is 0 Å².